The second-order valence-electron chi connectivity index (χ2n) is 5.95. The topological polar surface area (TPSA) is 54.5 Å². The van der Waals surface area contributed by atoms with Crippen LogP contribution in [0.1, 0.15) is 29.8 Å². The van der Waals surface area contributed by atoms with E-state index >= 15 is 0 Å². The molecule has 0 fully saturated rings. The summed E-state index contributed by atoms with van der Waals surface area (Å²) in [6, 6.07) is 11.2. The van der Waals surface area contributed by atoms with E-state index in [4.69, 9.17) is 11.6 Å². The predicted octanol–water partition coefficient (Wildman–Crippen LogP) is 4.62. The standard InChI is InChI=1S/C19H20ClNO3S/c1-14(2)10-11-21(19-9-6-17(20)12-16(19)13-22)25(23,24)18-7-4-15(3)5-8-18/h4-10,12-13H,11H2,1-3H3. The molecule has 0 N–H and O–H groups in total. The summed E-state index contributed by atoms with van der Waals surface area (Å²) in [7, 11) is -3.83. The Kier molecular flexibility index (Phi) is 6.03. The number of carbonyl (C=O) groups excluding carboxylic acids is 1. The van der Waals surface area contributed by atoms with Crippen molar-refractivity contribution in [3.63, 3.8) is 0 Å². The van der Waals surface area contributed by atoms with Crippen LogP contribution in [0.5, 0.6) is 0 Å². The Balaban J connectivity index is 2.62. The fraction of sp³-hybridized carbons (Fsp3) is 0.211. The third kappa shape index (κ3) is 4.50. The van der Waals surface area contributed by atoms with E-state index < -0.39 is 10.0 Å². The van der Waals surface area contributed by atoms with E-state index in [1.54, 1.807) is 42.5 Å². The molecule has 25 heavy (non-hydrogen) atoms. The number of nitrogens with zero attached hydrogens (tertiary/aromatic N) is 1. The van der Waals surface area contributed by atoms with E-state index in [1.165, 1.54) is 10.4 Å². The average Bonchev–Trinajstić information content (AvgIpc) is 2.56. The minimum Gasteiger partial charge on any atom is -0.298 e. The molecule has 2 aromatic carbocycles. The molecule has 0 bridgehead atoms. The zero-order valence-corrected chi connectivity index (χ0v) is 15.9. The van der Waals surface area contributed by atoms with Crippen molar-refractivity contribution in [2.24, 2.45) is 0 Å². The third-order valence-electron chi connectivity index (χ3n) is 3.66. The fourth-order valence-electron chi connectivity index (χ4n) is 2.28. The molecule has 4 nitrogen and oxygen atoms in total. The van der Waals surface area contributed by atoms with Gasteiger partial charge in [0, 0.05) is 10.6 Å². The number of carbonyl (C=O) groups is 1. The zero-order chi connectivity index (χ0) is 18.6. The van der Waals surface area contributed by atoms with E-state index in [1.807, 2.05) is 20.8 Å². The molecular formula is C19H20ClNO3S. The monoisotopic (exact) mass is 377 g/mol. The second kappa shape index (κ2) is 7.85. The summed E-state index contributed by atoms with van der Waals surface area (Å²) in [6.07, 6.45) is 2.41. The number of hydrogen-bond donors (Lipinski definition) is 0. The first-order chi connectivity index (χ1) is 11.8. The Morgan fingerprint density at radius 3 is 2.32 bits per heavy atom. The number of rotatable bonds is 6. The van der Waals surface area contributed by atoms with Crippen molar-refractivity contribution in [2.45, 2.75) is 25.7 Å². The molecule has 2 rings (SSSR count). The van der Waals surface area contributed by atoms with Gasteiger partial charge in [-0.1, -0.05) is 40.9 Å². The number of anilines is 1. The van der Waals surface area contributed by atoms with E-state index in [0.29, 0.717) is 17.0 Å². The van der Waals surface area contributed by atoms with Gasteiger partial charge in [-0.3, -0.25) is 9.10 Å². The van der Waals surface area contributed by atoms with Gasteiger partial charge in [0.1, 0.15) is 0 Å². The number of benzene rings is 2. The minimum absolute atomic E-state index is 0.126. The van der Waals surface area contributed by atoms with Crippen molar-refractivity contribution in [2.75, 3.05) is 10.8 Å². The van der Waals surface area contributed by atoms with Crippen molar-refractivity contribution in [1.29, 1.82) is 0 Å². The van der Waals surface area contributed by atoms with Gasteiger partial charge in [0.25, 0.3) is 10.0 Å². The highest BCUT2D eigenvalue weighted by atomic mass is 35.5. The van der Waals surface area contributed by atoms with Crippen molar-refractivity contribution < 1.29 is 13.2 Å². The highest BCUT2D eigenvalue weighted by Gasteiger charge is 2.26. The Morgan fingerprint density at radius 2 is 1.76 bits per heavy atom. The summed E-state index contributed by atoms with van der Waals surface area (Å²) >= 11 is 5.94. The molecule has 6 heteroatoms. The first-order valence-corrected chi connectivity index (χ1v) is 9.55. The third-order valence-corrected chi connectivity index (χ3v) is 5.69. The van der Waals surface area contributed by atoms with E-state index in [0.717, 1.165) is 11.1 Å². The van der Waals surface area contributed by atoms with Gasteiger partial charge in [0.15, 0.2) is 6.29 Å². The van der Waals surface area contributed by atoms with Gasteiger partial charge < -0.3 is 0 Å². The predicted molar refractivity (Wildman–Crippen MR) is 102 cm³/mol. The van der Waals surface area contributed by atoms with Gasteiger partial charge in [0.05, 0.1) is 17.1 Å². The molecule has 0 aliphatic carbocycles. The number of aryl methyl sites for hydroxylation is 1. The van der Waals surface area contributed by atoms with Crippen LogP contribution in [0.2, 0.25) is 5.02 Å². The van der Waals surface area contributed by atoms with Crippen molar-refractivity contribution in [3.05, 3.63) is 70.3 Å². The molecule has 0 amide bonds. The molecule has 0 radical (unpaired) electrons. The van der Waals surface area contributed by atoms with Gasteiger partial charge in [-0.25, -0.2) is 8.42 Å². The summed E-state index contributed by atoms with van der Waals surface area (Å²) in [5.74, 6) is 0. The molecule has 0 aromatic heterocycles. The van der Waals surface area contributed by atoms with E-state index in [-0.39, 0.29) is 17.0 Å². The lowest BCUT2D eigenvalue weighted by atomic mass is 10.2. The molecule has 0 saturated heterocycles. The summed E-state index contributed by atoms with van der Waals surface area (Å²) in [4.78, 5) is 11.6. The maximum atomic E-state index is 13.2. The first-order valence-electron chi connectivity index (χ1n) is 7.73. The molecule has 0 spiro atoms. The average molecular weight is 378 g/mol. The van der Waals surface area contributed by atoms with E-state index in [9.17, 15) is 13.2 Å². The first kappa shape index (κ1) is 19.2. The SMILES string of the molecule is CC(C)=CCN(c1ccc(Cl)cc1C=O)S(=O)(=O)c1ccc(C)cc1. The van der Waals surface area contributed by atoms with Crippen molar-refractivity contribution >= 4 is 33.6 Å². The van der Waals surface area contributed by atoms with Crippen LogP contribution < -0.4 is 4.31 Å². The number of allylic oxidation sites excluding steroid dienone is 1. The Bertz CT molecular complexity index is 899. The summed E-state index contributed by atoms with van der Waals surface area (Å²) in [6.45, 7) is 5.79. The number of hydrogen-bond acceptors (Lipinski definition) is 3. The van der Waals surface area contributed by atoms with Crippen molar-refractivity contribution in [3.8, 4) is 0 Å². The molecule has 0 heterocycles. The number of sulfonamides is 1. The minimum atomic E-state index is -3.83. The lowest BCUT2D eigenvalue weighted by Crippen LogP contribution is -2.32. The van der Waals surface area contributed by atoms with Crippen LogP contribution in [0.3, 0.4) is 0 Å². The Labute approximate surface area is 153 Å². The van der Waals surface area contributed by atoms with Gasteiger partial charge in [-0.05, 0) is 51.1 Å². The molecule has 0 atom stereocenters. The molecule has 0 unspecified atom stereocenters. The van der Waals surface area contributed by atoms with Crippen LogP contribution in [0.4, 0.5) is 5.69 Å². The Morgan fingerprint density at radius 1 is 1.12 bits per heavy atom. The maximum absolute atomic E-state index is 13.2. The zero-order valence-electron chi connectivity index (χ0n) is 14.4. The van der Waals surface area contributed by atoms with Crippen LogP contribution in [0.15, 0.2) is 59.0 Å². The van der Waals surface area contributed by atoms with Gasteiger partial charge in [-0.2, -0.15) is 0 Å². The highest BCUT2D eigenvalue weighted by molar-refractivity contribution is 7.92. The van der Waals surface area contributed by atoms with Crippen LogP contribution >= 0.6 is 11.6 Å². The smallest absolute Gasteiger partial charge is 0.264 e. The molecule has 0 aliphatic rings. The van der Waals surface area contributed by atoms with Gasteiger partial charge >= 0.3 is 0 Å². The summed E-state index contributed by atoms with van der Waals surface area (Å²) in [5, 5.41) is 0.376. The van der Waals surface area contributed by atoms with Crippen LogP contribution in [0.25, 0.3) is 0 Å². The van der Waals surface area contributed by atoms with Crippen LogP contribution in [-0.4, -0.2) is 21.2 Å². The van der Waals surface area contributed by atoms with Crippen molar-refractivity contribution in [1.82, 2.24) is 0 Å². The lowest BCUT2D eigenvalue weighted by Gasteiger charge is -2.25. The van der Waals surface area contributed by atoms with E-state index in [2.05, 4.69) is 0 Å². The van der Waals surface area contributed by atoms with Crippen LogP contribution in [0, 0.1) is 6.92 Å². The quantitative estimate of drug-likeness (QED) is 0.545. The molecule has 2 aromatic rings. The molecule has 132 valence electrons. The van der Waals surface area contributed by atoms with Crippen LogP contribution in [-0.2, 0) is 10.0 Å². The second-order valence-corrected chi connectivity index (χ2v) is 8.25. The molecule has 0 saturated carbocycles. The molecular weight excluding hydrogens is 358 g/mol. The molecule has 0 aliphatic heterocycles. The number of aldehydes is 1. The summed E-state index contributed by atoms with van der Waals surface area (Å²) in [5.41, 5.74) is 2.48. The Hall–Kier alpha value is -2.11. The van der Waals surface area contributed by atoms with Gasteiger partial charge in [0.2, 0.25) is 0 Å². The van der Waals surface area contributed by atoms with Gasteiger partial charge in [-0.15, -0.1) is 0 Å². The maximum Gasteiger partial charge on any atom is 0.264 e. The fourth-order valence-corrected chi connectivity index (χ4v) is 3.89. The summed E-state index contributed by atoms with van der Waals surface area (Å²) < 4.78 is 27.5. The lowest BCUT2D eigenvalue weighted by molar-refractivity contribution is 0.112. The number of halogens is 1. The highest BCUT2D eigenvalue weighted by Crippen LogP contribution is 2.28. The largest absolute Gasteiger partial charge is 0.298 e. The normalized spacial score (nSPS) is 11.0.